The molecule has 1 aliphatic heterocycles. The van der Waals surface area contributed by atoms with E-state index in [0.717, 1.165) is 27.9 Å². The molecule has 1 N–H and O–H groups in total. The first-order valence-electron chi connectivity index (χ1n) is 10.1. The van der Waals surface area contributed by atoms with Crippen LogP contribution in [0.3, 0.4) is 0 Å². The van der Waals surface area contributed by atoms with Crippen molar-refractivity contribution in [2.45, 2.75) is 27.3 Å². The fourth-order valence-corrected chi connectivity index (χ4v) is 3.79. The van der Waals surface area contributed by atoms with Gasteiger partial charge in [0.1, 0.15) is 11.5 Å². The number of benzene rings is 3. The first-order chi connectivity index (χ1) is 14.8. The van der Waals surface area contributed by atoms with E-state index in [2.05, 4.69) is 5.32 Å². The van der Waals surface area contributed by atoms with Gasteiger partial charge in [-0.3, -0.25) is 14.5 Å². The largest absolute Gasteiger partial charge is 0.350 e. The van der Waals surface area contributed by atoms with E-state index in [1.165, 1.54) is 29.2 Å². The van der Waals surface area contributed by atoms with Crippen LogP contribution in [-0.4, -0.2) is 16.7 Å². The molecule has 2 amide bonds. The molecular formula is C26H23FN2O2. The summed E-state index contributed by atoms with van der Waals surface area (Å²) >= 11 is 0. The number of hydrogen-bond acceptors (Lipinski definition) is 3. The number of carbonyl (C=O) groups excluding carboxylic acids is 2. The number of imide groups is 1. The molecule has 0 aliphatic carbocycles. The molecule has 0 saturated carbocycles. The van der Waals surface area contributed by atoms with Crippen LogP contribution in [0.4, 0.5) is 10.1 Å². The SMILES string of the molecule is Cc1ccc(CN2C(=O)C(Nc3cc(C)cc(C)c3)=C(c3ccc(F)cc3)C2=O)cc1. The van der Waals surface area contributed by atoms with Crippen LogP contribution in [0.5, 0.6) is 0 Å². The second-order valence-corrected chi connectivity index (χ2v) is 7.94. The van der Waals surface area contributed by atoms with Crippen molar-refractivity contribution in [3.63, 3.8) is 0 Å². The molecule has 156 valence electrons. The molecule has 4 rings (SSSR count). The molecule has 4 nitrogen and oxygen atoms in total. The predicted octanol–water partition coefficient (Wildman–Crippen LogP) is 5.14. The summed E-state index contributed by atoms with van der Waals surface area (Å²) < 4.78 is 13.5. The van der Waals surface area contributed by atoms with Crippen LogP contribution in [0.2, 0.25) is 0 Å². The third-order valence-electron chi connectivity index (χ3n) is 5.25. The van der Waals surface area contributed by atoms with Gasteiger partial charge >= 0.3 is 0 Å². The molecule has 0 atom stereocenters. The van der Waals surface area contributed by atoms with Gasteiger partial charge in [0.2, 0.25) is 0 Å². The number of nitrogens with zero attached hydrogens (tertiary/aromatic N) is 1. The Labute approximate surface area is 181 Å². The van der Waals surface area contributed by atoms with Gasteiger partial charge in [0.25, 0.3) is 11.8 Å². The van der Waals surface area contributed by atoms with E-state index in [0.29, 0.717) is 5.56 Å². The molecule has 31 heavy (non-hydrogen) atoms. The van der Waals surface area contributed by atoms with E-state index in [-0.39, 0.29) is 17.8 Å². The molecule has 0 unspecified atom stereocenters. The number of hydrogen-bond donors (Lipinski definition) is 1. The van der Waals surface area contributed by atoms with Crippen molar-refractivity contribution in [3.8, 4) is 0 Å². The average molecular weight is 414 g/mol. The van der Waals surface area contributed by atoms with Crippen molar-refractivity contribution in [1.82, 2.24) is 4.90 Å². The molecule has 0 spiro atoms. The Morgan fingerprint density at radius 2 is 1.39 bits per heavy atom. The van der Waals surface area contributed by atoms with E-state index >= 15 is 0 Å². The molecule has 0 fully saturated rings. The molecule has 1 aliphatic rings. The number of halogens is 1. The van der Waals surface area contributed by atoms with Crippen LogP contribution < -0.4 is 5.32 Å². The van der Waals surface area contributed by atoms with E-state index in [9.17, 15) is 14.0 Å². The summed E-state index contributed by atoms with van der Waals surface area (Å²) in [6.07, 6.45) is 0. The zero-order valence-electron chi connectivity index (χ0n) is 17.7. The highest BCUT2D eigenvalue weighted by Crippen LogP contribution is 2.32. The van der Waals surface area contributed by atoms with Crippen molar-refractivity contribution >= 4 is 23.1 Å². The van der Waals surface area contributed by atoms with Gasteiger partial charge in [-0.15, -0.1) is 0 Å². The highest BCUT2D eigenvalue weighted by molar-refractivity contribution is 6.36. The van der Waals surface area contributed by atoms with Gasteiger partial charge in [-0.1, -0.05) is 48.0 Å². The number of amides is 2. The third kappa shape index (κ3) is 4.26. The standard InChI is InChI=1S/C26H23FN2O2/c1-16-4-6-19(7-5-16)15-29-25(30)23(20-8-10-21(27)11-9-20)24(26(29)31)28-22-13-17(2)12-18(3)14-22/h4-14,28H,15H2,1-3H3. The van der Waals surface area contributed by atoms with Gasteiger partial charge < -0.3 is 5.32 Å². The predicted molar refractivity (Wildman–Crippen MR) is 120 cm³/mol. The highest BCUT2D eigenvalue weighted by atomic mass is 19.1. The van der Waals surface area contributed by atoms with Crippen molar-refractivity contribution < 1.29 is 14.0 Å². The minimum absolute atomic E-state index is 0.167. The molecule has 3 aromatic rings. The summed E-state index contributed by atoms with van der Waals surface area (Å²) in [4.78, 5) is 27.9. The van der Waals surface area contributed by atoms with Crippen LogP contribution in [-0.2, 0) is 16.1 Å². The number of anilines is 1. The quantitative estimate of drug-likeness (QED) is 0.588. The lowest BCUT2D eigenvalue weighted by Gasteiger charge is -2.16. The molecule has 0 aromatic heterocycles. The Bertz CT molecular complexity index is 1170. The van der Waals surface area contributed by atoms with Crippen LogP contribution in [0.15, 0.2) is 72.4 Å². The number of nitrogens with one attached hydrogen (secondary N) is 1. The number of rotatable bonds is 5. The normalized spacial score (nSPS) is 13.9. The van der Waals surface area contributed by atoms with Gasteiger partial charge in [0.05, 0.1) is 12.1 Å². The molecule has 0 bridgehead atoms. The summed E-state index contributed by atoms with van der Waals surface area (Å²) in [7, 11) is 0. The summed E-state index contributed by atoms with van der Waals surface area (Å²) in [5.41, 5.74) is 5.72. The second-order valence-electron chi connectivity index (χ2n) is 7.94. The lowest BCUT2D eigenvalue weighted by atomic mass is 10.0. The summed E-state index contributed by atoms with van der Waals surface area (Å²) in [6.45, 7) is 6.09. The molecule has 5 heteroatoms. The maximum Gasteiger partial charge on any atom is 0.278 e. The molecule has 0 radical (unpaired) electrons. The van der Waals surface area contributed by atoms with Crippen molar-refractivity contribution in [2.24, 2.45) is 0 Å². The number of carbonyl (C=O) groups is 2. The van der Waals surface area contributed by atoms with Gasteiger partial charge in [0.15, 0.2) is 0 Å². The minimum atomic E-state index is -0.401. The third-order valence-corrected chi connectivity index (χ3v) is 5.25. The lowest BCUT2D eigenvalue weighted by molar-refractivity contribution is -0.137. The summed E-state index contributed by atoms with van der Waals surface area (Å²) in [5.74, 6) is -1.20. The fourth-order valence-electron chi connectivity index (χ4n) is 3.79. The van der Waals surface area contributed by atoms with Gasteiger partial charge in [-0.2, -0.15) is 0 Å². The van der Waals surface area contributed by atoms with Crippen molar-refractivity contribution in [3.05, 3.63) is 106 Å². The minimum Gasteiger partial charge on any atom is -0.350 e. The molecule has 1 heterocycles. The van der Waals surface area contributed by atoms with Gasteiger partial charge in [-0.05, 0) is 67.3 Å². The summed E-state index contributed by atoms with van der Waals surface area (Å²) in [5, 5.41) is 3.16. The smallest absolute Gasteiger partial charge is 0.278 e. The maximum absolute atomic E-state index is 13.5. The Kier molecular flexibility index (Phi) is 5.42. The van der Waals surface area contributed by atoms with Gasteiger partial charge in [-0.25, -0.2) is 4.39 Å². The molecule has 0 saturated heterocycles. The van der Waals surface area contributed by atoms with Crippen LogP contribution >= 0.6 is 0 Å². The van der Waals surface area contributed by atoms with E-state index < -0.39 is 17.6 Å². The van der Waals surface area contributed by atoms with Crippen LogP contribution in [0, 0.1) is 26.6 Å². The first-order valence-corrected chi connectivity index (χ1v) is 10.1. The van der Waals surface area contributed by atoms with Crippen LogP contribution in [0.1, 0.15) is 27.8 Å². The zero-order valence-corrected chi connectivity index (χ0v) is 17.7. The molecule has 3 aromatic carbocycles. The fraction of sp³-hybridized carbons (Fsp3) is 0.154. The number of aryl methyl sites for hydroxylation is 3. The van der Waals surface area contributed by atoms with E-state index in [4.69, 9.17) is 0 Å². The Morgan fingerprint density at radius 3 is 2.00 bits per heavy atom. The Morgan fingerprint density at radius 1 is 0.774 bits per heavy atom. The first kappa shape index (κ1) is 20.5. The Balaban J connectivity index is 1.75. The Hall–Kier alpha value is -3.73. The van der Waals surface area contributed by atoms with Gasteiger partial charge in [0, 0.05) is 5.69 Å². The van der Waals surface area contributed by atoms with Crippen LogP contribution in [0.25, 0.3) is 5.57 Å². The highest BCUT2D eigenvalue weighted by Gasteiger charge is 2.39. The average Bonchev–Trinajstić information content (AvgIpc) is 2.94. The topological polar surface area (TPSA) is 49.4 Å². The monoisotopic (exact) mass is 414 g/mol. The second kappa shape index (κ2) is 8.19. The maximum atomic E-state index is 13.5. The van der Waals surface area contributed by atoms with E-state index in [1.54, 1.807) is 0 Å². The van der Waals surface area contributed by atoms with E-state index in [1.807, 2.05) is 63.2 Å². The molecular weight excluding hydrogens is 391 g/mol. The lowest BCUT2D eigenvalue weighted by Crippen LogP contribution is -2.32. The van der Waals surface area contributed by atoms with Crippen molar-refractivity contribution in [1.29, 1.82) is 0 Å². The summed E-state index contributed by atoms with van der Waals surface area (Å²) in [6, 6.07) is 19.2. The van der Waals surface area contributed by atoms with Crippen molar-refractivity contribution in [2.75, 3.05) is 5.32 Å². The zero-order chi connectivity index (χ0) is 22.1.